The topological polar surface area (TPSA) is 58.2 Å². The van der Waals surface area contributed by atoms with E-state index in [4.69, 9.17) is 0 Å². The Morgan fingerprint density at radius 1 is 0.900 bits per heavy atom. The van der Waals surface area contributed by atoms with Gasteiger partial charge in [0, 0.05) is 21.5 Å². The Bertz CT molecular complexity index is 944. The van der Waals surface area contributed by atoms with Gasteiger partial charge in [0.2, 0.25) is 0 Å². The molecule has 0 aromatic heterocycles. The molecule has 0 bridgehead atoms. The van der Waals surface area contributed by atoms with Crippen LogP contribution in [0.1, 0.15) is 60.7 Å². The van der Waals surface area contributed by atoms with Crippen LogP contribution in [0.4, 0.5) is 0 Å². The first-order valence-corrected chi connectivity index (χ1v) is 11.8. The van der Waals surface area contributed by atoms with Crippen LogP contribution in [0.15, 0.2) is 57.5 Å². The van der Waals surface area contributed by atoms with Crippen LogP contribution in [-0.2, 0) is 0 Å². The van der Waals surface area contributed by atoms with Gasteiger partial charge in [0.1, 0.15) is 0 Å². The van der Waals surface area contributed by atoms with Gasteiger partial charge in [-0.25, -0.2) is 0 Å². The SMILES string of the molecule is CC1(C)CC(NC(=O)c2ccccc2Br)CC(C)(CNC(=O)c2ccccc2Br)C1. The molecule has 2 aromatic carbocycles. The number of halogens is 2. The fourth-order valence-electron chi connectivity index (χ4n) is 4.81. The Kier molecular flexibility index (Phi) is 7.08. The van der Waals surface area contributed by atoms with Gasteiger partial charge in [-0.3, -0.25) is 9.59 Å². The average Bonchev–Trinajstić information content (AvgIpc) is 2.65. The van der Waals surface area contributed by atoms with Crippen molar-refractivity contribution in [3.63, 3.8) is 0 Å². The number of carbonyl (C=O) groups excluding carboxylic acids is 2. The molecule has 0 heterocycles. The van der Waals surface area contributed by atoms with Crippen LogP contribution in [0.3, 0.4) is 0 Å². The van der Waals surface area contributed by atoms with Gasteiger partial charge in [0.25, 0.3) is 11.8 Å². The lowest BCUT2D eigenvalue weighted by atomic mass is 9.62. The Balaban J connectivity index is 1.69. The minimum atomic E-state index is -0.107. The summed E-state index contributed by atoms with van der Waals surface area (Å²) in [6.07, 6.45) is 2.72. The molecular weight excluding hydrogens is 508 g/mol. The molecule has 6 heteroatoms. The lowest BCUT2D eigenvalue weighted by Crippen LogP contribution is -2.50. The minimum absolute atomic E-state index is 0.0544. The number of hydrogen-bond acceptors (Lipinski definition) is 2. The Labute approximate surface area is 195 Å². The van der Waals surface area contributed by atoms with Crippen LogP contribution in [-0.4, -0.2) is 24.4 Å². The largest absolute Gasteiger partial charge is 0.351 e. The molecule has 30 heavy (non-hydrogen) atoms. The molecule has 0 aliphatic heterocycles. The summed E-state index contributed by atoms with van der Waals surface area (Å²) in [5, 5.41) is 6.34. The fourth-order valence-corrected chi connectivity index (χ4v) is 5.74. The van der Waals surface area contributed by atoms with Gasteiger partial charge in [-0.2, -0.15) is 0 Å². The van der Waals surface area contributed by atoms with Gasteiger partial charge >= 0.3 is 0 Å². The summed E-state index contributed by atoms with van der Waals surface area (Å²) < 4.78 is 1.58. The highest BCUT2D eigenvalue weighted by atomic mass is 79.9. The van der Waals surface area contributed by atoms with Crippen molar-refractivity contribution in [3.05, 3.63) is 68.6 Å². The van der Waals surface area contributed by atoms with Gasteiger partial charge in [-0.15, -0.1) is 0 Å². The smallest absolute Gasteiger partial charge is 0.252 e. The molecule has 2 amide bonds. The summed E-state index contributed by atoms with van der Waals surface area (Å²) in [5.74, 6) is -0.148. The molecule has 2 unspecified atom stereocenters. The number of nitrogens with one attached hydrogen (secondary N) is 2. The van der Waals surface area contributed by atoms with Crippen molar-refractivity contribution in [2.24, 2.45) is 10.8 Å². The Hall–Kier alpha value is -1.66. The van der Waals surface area contributed by atoms with E-state index in [9.17, 15) is 9.59 Å². The van der Waals surface area contributed by atoms with E-state index in [0.717, 1.165) is 28.2 Å². The van der Waals surface area contributed by atoms with Crippen LogP contribution in [0.2, 0.25) is 0 Å². The third-order valence-corrected chi connectivity index (χ3v) is 7.07. The molecule has 1 fully saturated rings. The van der Waals surface area contributed by atoms with E-state index in [-0.39, 0.29) is 28.7 Å². The number of hydrogen-bond donors (Lipinski definition) is 2. The maximum Gasteiger partial charge on any atom is 0.252 e. The Morgan fingerprint density at radius 3 is 2.00 bits per heavy atom. The van der Waals surface area contributed by atoms with Crippen molar-refractivity contribution in [3.8, 4) is 0 Å². The second-order valence-electron chi connectivity index (χ2n) is 9.37. The molecule has 1 aliphatic carbocycles. The van der Waals surface area contributed by atoms with Crippen LogP contribution in [0, 0.1) is 10.8 Å². The lowest BCUT2D eigenvalue weighted by molar-refractivity contribution is 0.0591. The monoisotopic (exact) mass is 534 g/mol. The highest BCUT2D eigenvalue weighted by Crippen LogP contribution is 2.46. The second-order valence-corrected chi connectivity index (χ2v) is 11.1. The zero-order chi connectivity index (χ0) is 21.9. The number of amides is 2. The first-order chi connectivity index (χ1) is 14.1. The van der Waals surface area contributed by atoms with Crippen LogP contribution in [0.5, 0.6) is 0 Å². The highest BCUT2D eigenvalue weighted by Gasteiger charge is 2.42. The predicted octanol–water partition coefficient (Wildman–Crippen LogP) is 5.96. The van der Waals surface area contributed by atoms with E-state index in [2.05, 4.69) is 63.3 Å². The van der Waals surface area contributed by atoms with E-state index in [1.165, 1.54) is 0 Å². The maximum atomic E-state index is 12.8. The predicted molar refractivity (Wildman–Crippen MR) is 128 cm³/mol. The summed E-state index contributed by atoms with van der Waals surface area (Å²) in [7, 11) is 0. The molecule has 0 radical (unpaired) electrons. The molecule has 4 nitrogen and oxygen atoms in total. The zero-order valence-electron chi connectivity index (χ0n) is 17.6. The molecule has 2 N–H and O–H groups in total. The normalized spacial score (nSPS) is 22.9. The van der Waals surface area contributed by atoms with Gasteiger partial charge in [-0.05, 0) is 86.2 Å². The van der Waals surface area contributed by atoms with Gasteiger partial charge in [-0.1, -0.05) is 45.0 Å². The van der Waals surface area contributed by atoms with Crippen molar-refractivity contribution in [2.75, 3.05) is 6.54 Å². The third kappa shape index (κ3) is 5.73. The summed E-state index contributed by atoms with van der Waals surface area (Å²) in [4.78, 5) is 25.5. The standard InChI is InChI=1S/C24H28Br2N2O2/c1-23(2)12-16(28-22(30)18-9-5-7-11-20(18)26)13-24(3,14-23)15-27-21(29)17-8-4-6-10-19(17)25/h4-11,16H,12-15H2,1-3H3,(H,27,29)(H,28,30). The Morgan fingerprint density at radius 2 is 1.43 bits per heavy atom. The molecule has 1 aliphatic rings. The quantitative estimate of drug-likeness (QED) is 0.496. The van der Waals surface area contributed by atoms with Crippen LogP contribution >= 0.6 is 31.9 Å². The van der Waals surface area contributed by atoms with Gasteiger partial charge in [0.15, 0.2) is 0 Å². The van der Waals surface area contributed by atoms with Crippen molar-refractivity contribution in [1.29, 1.82) is 0 Å². The van der Waals surface area contributed by atoms with Crippen molar-refractivity contribution in [2.45, 2.75) is 46.1 Å². The second kappa shape index (κ2) is 9.23. The lowest BCUT2D eigenvalue weighted by Gasteiger charge is -2.47. The molecule has 0 spiro atoms. The number of carbonyl (C=O) groups is 2. The van der Waals surface area contributed by atoms with E-state index in [0.29, 0.717) is 17.7 Å². The van der Waals surface area contributed by atoms with Crippen molar-refractivity contribution in [1.82, 2.24) is 10.6 Å². The summed E-state index contributed by atoms with van der Waals surface area (Å²) in [5.41, 5.74) is 1.24. The molecule has 2 atom stereocenters. The van der Waals surface area contributed by atoms with Gasteiger partial charge < -0.3 is 10.6 Å². The molecule has 3 rings (SSSR count). The zero-order valence-corrected chi connectivity index (χ0v) is 20.8. The first-order valence-electron chi connectivity index (χ1n) is 10.2. The minimum Gasteiger partial charge on any atom is -0.351 e. The highest BCUT2D eigenvalue weighted by molar-refractivity contribution is 9.10. The van der Waals surface area contributed by atoms with E-state index in [1.54, 1.807) is 0 Å². The number of rotatable bonds is 5. The van der Waals surface area contributed by atoms with Crippen LogP contribution < -0.4 is 10.6 Å². The first kappa shape index (κ1) is 23.0. The molecule has 0 saturated heterocycles. The fraction of sp³-hybridized carbons (Fsp3) is 0.417. The van der Waals surface area contributed by atoms with Crippen molar-refractivity contribution < 1.29 is 9.59 Å². The third-order valence-electron chi connectivity index (χ3n) is 5.69. The van der Waals surface area contributed by atoms with Gasteiger partial charge in [0.05, 0.1) is 11.1 Å². The van der Waals surface area contributed by atoms with Crippen molar-refractivity contribution >= 4 is 43.7 Å². The van der Waals surface area contributed by atoms with Crippen LogP contribution in [0.25, 0.3) is 0 Å². The van der Waals surface area contributed by atoms with E-state index in [1.807, 2.05) is 48.5 Å². The summed E-state index contributed by atoms with van der Waals surface area (Å²) >= 11 is 6.91. The van der Waals surface area contributed by atoms with E-state index >= 15 is 0 Å². The summed E-state index contributed by atoms with van der Waals surface area (Å²) in [6, 6.07) is 15.0. The average molecular weight is 536 g/mol. The van der Waals surface area contributed by atoms with E-state index < -0.39 is 0 Å². The maximum absolute atomic E-state index is 12.8. The number of benzene rings is 2. The molecular formula is C24H28Br2N2O2. The molecule has 2 aromatic rings. The summed E-state index contributed by atoms with van der Waals surface area (Å²) in [6.45, 7) is 7.24. The molecule has 1 saturated carbocycles. The molecule has 160 valence electrons.